The van der Waals surface area contributed by atoms with Gasteiger partial charge in [-0.3, -0.25) is 4.90 Å². The zero-order valence-electron chi connectivity index (χ0n) is 15.0. The van der Waals surface area contributed by atoms with Gasteiger partial charge in [-0.2, -0.15) is 4.98 Å². The molecular formula is C19H20Cl2N4OS. The van der Waals surface area contributed by atoms with E-state index in [1.807, 2.05) is 24.3 Å². The van der Waals surface area contributed by atoms with Gasteiger partial charge in [0.15, 0.2) is 0 Å². The van der Waals surface area contributed by atoms with Crippen LogP contribution in [0, 0.1) is 6.92 Å². The van der Waals surface area contributed by atoms with E-state index in [1.165, 1.54) is 4.88 Å². The fourth-order valence-corrected chi connectivity index (χ4v) is 4.97. The van der Waals surface area contributed by atoms with E-state index in [2.05, 4.69) is 26.7 Å². The van der Waals surface area contributed by atoms with Crippen molar-refractivity contribution in [2.24, 2.45) is 0 Å². The molecule has 0 spiro atoms. The average Bonchev–Trinajstić information content (AvgIpc) is 2.98. The van der Waals surface area contributed by atoms with Crippen LogP contribution >= 0.6 is 34.5 Å². The van der Waals surface area contributed by atoms with E-state index in [4.69, 9.17) is 28.3 Å². The number of aryl methyl sites for hydroxylation is 1. The fraction of sp³-hybridized carbons (Fsp3) is 0.368. The minimum atomic E-state index is 0.189. The minimum Gasteiger partial charge on any atom is -0.395 e. The number of nitrogens with zero attached hydrogens (tertiary/aromatic N) is 4. The predicted octanol–water partition coefficient (Wildman–Crippen LogP) is 4.09. The van der Waals surface area contributed by atoms with Crippen LogP contribution in [-0.2, 0) is 0 Å². The topological polar surface area (TPSA) is 52.5 Å². The molecule has 1 saturated heterocycles. The number of thiophene rings is 1. The Balaban J connectivity index is 1.80. The van der Waals surface area contributed by atoms with Crippen molar-refractivity contribution in [1.29, 1.82) is 0 Å². The van der Waals surface area contributed by atoms with E-state index in [0.717, 1.165) is 58.4 Å². The number of anilines is 1. The molecule has 1 aromatic carbocycles. The van der Waals surface area contributed by atoms with E-state index >= 15 is 0 Å². The number of aliphatic hydroxyl groups is 1. The summed E-state index contributed by atoms with van der Waals surface area (Å²) in [5, 5.41) is 11.2. The molecule has 1 fully saturated rings. The maximum atomic E-state index is 9.16. The maximum Gasteiger partial charge on any atom is 0.225 e. The van der Waals surface area contributed by atoms with Crippen LogP contribution in [0.2, 0.25) is 10.3 Å². The van der Waals surface area contributed by atoms with Gasteiger partial charge in [0, 0.05) is 48.2 Å². The summed E-state index contributed by atoms with van der Waals surface area (Å²) in [4.78, 5) is 15.7. The molecule has 0 aliphatic carbocycles. The Bertz CT molecular complexity index is 952. The third-order valence-electron chi connectivity index (χ3n) is 4.90. The third-order valence-corrected chi connectivity index (χ3v) is 6.32. The molecule has 3 heterocycles. The van der Waals surface area contributed by atoms with Gasteiger partial charge >= 0.3 is 0 Å². The standard InChI is InChI=1S/C19H20Cl2N4OS/c1-12-15(13-2-4-14(20)5-3-13)16-17(22-19(21)23-18(16)27-12)25-8-6-24(7-9-25)10-11-26/h2-5,26H,6-11H2,1H3. The normalized spacial score (nSPS) is 15.6. The van der Waals surface area contributed by atoms with E-state index in [1.54, 1.807) is 11.3 Å². The molecule has 2 aromatic heterocycles. The number of aromatic nitrogens is 2. The molecule has 0 radical (unpaired) electrons. The molecule has 0 unspecified atom stereocenters. The summed E-state index contributed by atoms with van der Waals surface area (Å²) in [6, 6.07) is 7.89. The van der Waals surface area contributed by atoms with Crippen molar-refractivity contribution in [3.05, 3.63) is 39.4 Å². The van der Waals surface area contributed by atoms with Gasteiger partial charge in [0.2, 0.25) is 5.28 Å². The summed E-state index contributed by atoms with van der Waals surface area (Å²) in [5.74, 6) is 0.892. The predicted molar refractivity (Wildman–Crippen MR) is 113 cm³/mol. The van der Waals surface area contributed by atoms with Crippen molar-refractivity contribution in [1.82, 2.24) is 14.9 Å². The highest BCUT2D eigenvalue weighted by Crippen LogP contribution is 2.42. The molecule has 27 heavy (non-hydrogen) atoms. The highest BCUT2D eigenvalue weighted by atomic mass is 35.5. The Morgan fingerprint density at radius 1 is 1.07 bits per heavy atom. The van der Waals surface area contributed by atoms with Crippen LogP contribution < -0.4 is 4.90 Å². The summed E-state index contributed by atoms with van der Waals surface area (Å²) in [5.41, 5.74) is 2.25. The van der Waals surface area contributed by atoms with Crippen molar-refractivity contribution in [3.8, 4) is 11.1 Å². The minimum absolute atomic E-state index is 0.189. The fourth-order valence-electron chi connectivity index (χ4n) is 3.59. The van der Waals surface area contributed by atoms with Crippen LogP contribution in [0.15, 0.2) is 24.3 Å². The number of rotatable bonds is 4. The zero-order chi connectivity index (χ0) is 19.0. The monoisotopic (exact) mass is 422 g/mol. The van der Waals surface area contributed by atoms with Crippen molar-refractivity contribution < 1.29 is 5.11 Å². The lowest BCUT2D eigenvalue weighted by atomic mass is 10.0. The highest BCUT2D eigenvalue weighted by molar-refractivity contribution is 7.19. The molecule has 5 nitrogen and oxygen atoms in total. The van der Waals surface area contributed by atoms with Gasteiger partial charge in [-0.1, -0.05) is 23.7 Å². The summed E-state index contributed by atoms with van der Waals surface area (Å²) in [6.07, 6.45) is 0. The largest absolute Gasteiger partial charge is 0.395 e. The number of halogens is 2. The molecule has 0 saturated carbocycles. The highest BCUT2D eigenvalue weighted by Gasteiger charge is 2.24. The van der Waals surface area contributed by atoms with Crippen molar-refractivity contribution in [2.45, 2.75) is 6.92 Å². The van der Waals surface area contributed by atoms with Crippen molar-refractivity contribution >= 4 is 50.6 Å². The molecule has 142 valence electrons. The van der Waals surface area contributed by atoms with Gasteiger partial charge in [0.25, 0.3) is 0 Å². The van der Waals surface area contributed by atoms with Gasteiger partial charge in [-0.05, 0) is 36.2 Å². The molecule has 1 aliphatic rings. The number of aliphatic hydroxyl groups excluding tert-OH is 1. The molecule has 0 bridgehead atoms. The smallest absolute Gasteiger partial charge is 0.225 e. The first-order valence-electron chi connectivity index (χ1n) is 8.87. The zero-order valence-corrected chi connectivity index (χ0v) is 17.3. The molecule has 0 amide bonds. The number of hydrogen-bond donors (Lipinski definition) is 1. The van der Waals surface area contributed by atoms with E-state index in [0.29, 0.717) is 6.54 Å². The Hall–Kier alpha value is -1.44. The first-order valence-corrected chi connectivity index (χ1v) is 10.4. The molecule has 1 aliphatic heterocycles. The molecule has 4 rings (SSSR count). The quantitative estimate of drug-likeness (QED) is 0.641. The average molecular weight is 423 g/mol. The Kier molecular flexibility index (Phi) is 5.53. The van der Waals surface area contributed by atoms with Crippen molar-refractivity contribution in [2.75, 3.05) is 44.2 Å². The lowest BCUT2D eigenvalue weighted by Crippen LogP contribution is -2.47. The molecule has 0 atom stereocenters. The second-order valence-corrected chi connectivity index (χ2v) is 8.57. The molecule has 3 aromatic rings. The van der Waals surface area contributed by atoms with E-state index < -0.39 is 0 Å². The van der Waals surface area contributed by atoms with Crippen LogP contribution in [0.5, 0.6) is 0 Å². The first-order chi connectivity index (χ1) is 13.1. The number of hydrogen-bond acceptors (Lipinski definition) is 6. The second kappa shape index (κ2) is 7.89. The maximum absolute atomic E-state index is 9.16. The lowest BCUT2D eigenvalue weighted by Gasteiger charge is -2.35. The van der Waals surface area contributed by atoms with Crippen LogP contribution in [0.3, 0.4) is 0 Å². The molecular weight excluding hydrogens is 403 g/mol. The summed E-state index contributed by atoms with van der Waals surface area (Å²) in [7, 11) is 0. The van der Waals surface area contributed by atoms with Crippen LogP contribution in [-0.4, -0.2) is 59.3 Å². The first kappa shape index (κ1) is 18.9. The third kappa shape index (κ3) is 3.77. The molecule has 1 N–H and O–H groups in total. The Morgan fingerprint density at radius 3 is 2.44 bits per heavy atom. The number of piperazine rings is 1. The van der Waals surface area contributed by atoms with E-state index in [-0.39, 0.29) is 11.9 Å². The van der Waals surface area contributed by atoms with Gasteiger partial charge in [0.05, 0.1) is 12.0 Å². The van der Waals surface area contributed by atoms with Gasteiger partial charge < -0.3 is 10.0 Å². The summed E-state index contributed by atoms with van der Waals surface area (Å²) < 4.78 is 0. The number of β-amino-alcohol motifs (C(OH)–C–C–N with tert-alkyl or cyclic N) is 1. The number of benzene rings is 1. The molecule has 8 heteroatoms. The van der Waals surface area contributed by atoms with Crippen molar-refractivity contribution in [3.63, 3.8) is 0 Å². The van der Waals surface area contributed by atoms with Crippen LogP contribution in [0.1, 0.15) is 4.88 Å². The van der Waals surface area contributed by atoms with E-state index in [9.17, 15) is 0 Å². The lowest BCUT2D eigenvalue weighted by molar-refractivity contribution is 0.188. The number of fused-ring (bicyclic) bond motifs is 1. The summed E-state index contributed by atoms with van der Waals surface area (Å²) >= 11 is 14.0. The van der Waals surface area contributed by atoms with Crippen LogP contribution in [0.4, 0.5) is 5.82 Å². The summed E-state index contributed by atoms with van der Waals surface area (Å²) in [6.45, 7) is 6.48. The SMILES string of the molecule is Cc1sc2nc(Cl)nc(N3CCN(CCO)CC3)c2c1-c1ccc(Cl)cc1. The second-order valence-electron chi connectivity index (χ2n) is 6.59. The van der Waals surface area contributed by atoms with Gasteiger partial charge in [-0.15, -0.1) is 11.3 Å². The Labute approximate surface area is 172 Å². The Morgan fingerprint density at radius 2 is 1.78 bits per heavy atom. The van der Waals surface area contributed by atoms with Gasteiger partial charge in [0.1, 0.15) is 10.6 Å². The van der Waals surface area contributed by atoms with Crippen LogP contribution in [0.25, 0.3) is 21.3 Å². The van der Waals surface area contributed by atoms with Gasteiger partial charge in [-0.25, -0.2) is 4.98 Å².